The molecule has 1 aromatic carbocycles. The predicted octanol–water partition coefficient (Wildman–Crippen LogP) is 3.75. The van der Waals surface area contributed by atoms with Gasteiger partial charge in [0.25, 0.3) is 0 Å². The Morgan fingerprint density at radius 1 is 1.28 bits per heavy atom. The van der Waals surface area contributed by atoms with E-state index in [0.29, 0.717) is 11.6 Å². The van der Waals surface area contributed by atoms with Gasteiger partial charge in [0, 0.05) is 10.5 Å². The number of nitrogens with one attached hydrogen (secondary N) is 1. The molecule has 2 fully saturated rings. The average Bonchev–Trinajstić information content (AvgIpc) is 3.17. The van der Waals surface area contributed by atoms with Gasteiger partial charge in [-0.3, -0.25) is 0 Å². The zero-order valence-corrected chi connectivity index (χ0v) is 11.6. The first kappa shape index (κ1) is 12.0. The fourth-order valence-corrected chi connectivity index (χ4v) is 2.89. The summed E-state index contributed by atoms with van der Waals surface area (Å²) >= 11 is 3.41. The van der Waals surface area contributed by atoms with Crippen molar-refractivity contribution in [2.75, 3.05) is 5.32 Å². The van der Waals surface area contributed by atoms with Crippen molar-refractivity contribution in [3.8, 4) is 0 Å². The molecule has 0 aliphatic heterocycles. The molecule has 18 heavy (non-hydrogen) atoms. The van der Waals surface area contributed by atoms with Crippen LogP contribution in [0.2, 0.25) is 0 Å². The maximum atomic E-state index is 11.2. The fraction of sp³-hybridized carbons (Fsp3) is 0.500. The number of hydrogen-bond acceptors (Lipinski definition) is 2. The van der Waals surface area contributed by atoms with E-state index in [1.807, 2.05) is 6.07 Å². The second kappa shape index (κ2) is 4.57. The molecule has 0 unspecified atom stereocenters. The summed E-state index contributed by atoms with van der Waals surface area (Å²) in [5.74, 6) is 0.631. The largest absolute Gasteiger partial charge is 0.478 e. The summed E-state index contributed by atoms with van der Waals surface area (Å²) in [5.41, 5.74) is 1.12. The third kappa shape index (κ3) is 2.53. The molecule has 0 spiro atoms. The van der Waals surface area contributed by atoms with E-state index in [1.54, 1.807) is 12.1 Å². The smallest absolute Gasteiger partial charge is 0.337 e. The summed E-state index contributed by atoms with van der Waals surface area (Å²) in [6, 6.07) is 5.78. The Morgan fingerprint density at radius 3 is 2.39 bits per heavy atom. The molecular formula is C14H16BrNO2. The van der Waals surface area contributed by atoms with Gasteiger partial charge in [0.2, 0.25) is 0 Å². The molecule has 2 saturated carbocycles. The molecule has 4 heteroatoms. The zero-order valence-electron chi connectivity index (χ0n) is 10.0. The number of carboxylic acids is 1. The maximum Gasteiger partial charge on any atom is 0.337 e. The third-order valence-electron chi connectivity index (χ3n) is 3.79. The number of benzene rings is 1. The molecule has 0 heterocycles. The van der Waals surface area contributed by atoms with Crippen LogP contribution in [0.4, 0.5) is 5.69 Å². The number of anilines is 1. The van der Waals surface area contributed by atoms with Gasteiger partial charge < -0.3 is 10.4 Å². The topological polar surface area (TPSA) is 49.3 Å². The molecule has 0 saturated heterocycles. The second-order valence-electron chi connectivity index (χ2n) is 5.34. The highest BCUT2D eigenvalue weighted by molar-refractivity contribution is 9.10. The highest BCUT2D eigenvalue weighted by Crippen LogP contribution is 2.46. The molecule has 0 aromatic heterocycles. The number of rotatable bonds is 5. The first-order chi connectivity index (χ1) is 8.65. The average molecular weight is 310 g/mol. The fourth-order valence-electron chi connectivity index (χ4n) is 2.53. The number of aromatic carboxylic acids is 1. The summed E-state index contributed by atoms with van der Waals surface area (Å²) in [4.78, 5) is 11.2. The Bertz CT molecular complexity index is 469. The molecule has 0 atom stereocenters. The maximum absolute atomic E-state index is 11.2. The molecule has 0 amide bonds. The van der Waals surface area contributed by atoms with Gasteiger partial charge >= 0.3 is 5.97 Å². The van der Waals surface area contributed by atoms with E-state index in [4.69, 9.17) is 0 Å². The molecule has 0 bridgehead atoms. The van der Waals surface area contributed by atoms with E-state index in [2.05, 4.69) is 21.2 Å². The van der Waals surface area contributed by atoms with Crippen molar-refractivity contribution in [2.24, 2.45) is 11.8 Å². The van der Waals surface area contributed by atoms with E-state index in [1.165, 1.54) is 25.7 Å². The van der Waals surface area contributed by atoms with E-state index in [9.17, 15) is 9.90 Å². The summed E-state index contributed by atoms with van der Waals surface area (Å²) in [6.45, 7) is 0. The van der Waals surface area contributed by atoms with Crippen LogP contribution in [0.3, 0.4) is 0 Å². The van der Waals surface area contributed by atoms with Gasteiger partial charge in [-0.05, 0) is 55.7 Å². The van der Waals surface area contributed by atoms with Gasteiger partial charge in [0.05, 0.1) is 11.3 Å². The van der Waals surface area contributed by atoms with Crippen LogP contribution in [0.25, 0.3) is 0 Å². The van der Waals surface area contributed by atoms with Crippen LogP contribution < -0.4 is 5.32 Å². The number of halogens is 1. The van der Waals surface area contributed by atoms with Gasteiger partial charge in [-0.1, -0.05) is 15.9 Å². The van der Waals surface area contributed by atoms with Crippen LogP contribution in [0.5, 0.6) is 0 Å². The summed E-state index contributed by atoms with van der Waals surface area (Å²) in [6.07, 6.45) is 5.13. The monoisotopic (exact) mass is 309 g/mol. The Balaban J connectivity index is 1.85. The lowest BCUT2D eigenvalue weighted by Crippen LogP contribution is -2.25. The summed E-state index contributed by atoms with van der Waals surface area (Å²) in [5, 5.41) is 12.7. The van der Waals surface area contributed by atoms with Crippen LogP contribution in [-0.4, -0.2) is 17.1 Å². The van der Waals surface area contributed by atoms with Gasteiger partial charge in [0.1, 0.15) is 0 Å². The number of carboxylic acid groups (broad SMARTS) is 1. The summed E-state index contributed by atoms with van der Waals surface area (Å²) in [7, 11) is 0. The lowest BCUT2D eigenvalue weighted by atomic mass is 10.1. The number of carbonyl (C=O) groups is 1. The Hall–Kier alpha value is -1.03. The van der Waals surface area contributed by atoms with Crippen LogP contribution >= 0.6 is 15.9 Å². The van der Waals surface area contributed by atoms with Crippen LogP contribution in [-0.2, 0) is 0 Å². The van der Waals surface area contributed by atoms with Gasteiger partial charge in [-0.2, -0.15) is 0 Å². The van der Waals surface area contributed by atoms with Crippen molar-refractivity contribution in [1.29, 1.82) is 0 Å². The molecule has 0 radical (unpaired) electrons. The SMILES string of the molecule is O=C(O)c1ccc(Br)cc1NC(C1CC1)C1CC1. The van der Waals surface area contributed by atoms with E-state index < -0.39 is 5.97 Å². The van der Waals surface area contributed by atoms with Gasteiger partial charge in [0.15, 0.2) is 0 Å². The minimum absolute atomic E-state index is 0.365. The van der Waals surface area contributed by atoms with Crippen LogP contribution in [0.1, 0.15) is 36.0 Å². The van der Waals surface area contributed by atoms with E-state index >= 15 is 0 Å². The van der Waals surface area contributed by atoms with E-state index in [0.717, 1.165) is 22.0 Å². The first-order valence-electron chi connectivity index (χ1n) is 6.44. The molecule has 3 rings (SSSR count). The van der Waals surface area contributed by atoms with Gasteiger partial charge in [-0.15, -0.1) is 0 Å². The minimum Gasteiger partial charge on any atom is -0.478 e. The molecule has 2 aliphatic rings. The van der Waals surface area contributed by atoms with Crippen molar-refractivity contribution >= 4 is 27.6 Å². The number of hydrogen-bond donors (Lipinski definition) is 2. The van der Waals surface area contributed by atoms with Crippen molar-refractivity contribution < 1.29 is 9.90 Å². The standard InChI is InChI=1S/C14H16BrNO2/c15-10-5-6-11(14(17)18)12(7-10)16-13(8-1-2-8)9-3-4-9/h5-9,13,16H,1-4H2,(H,17,18). The second-order valence-corrected chi connectivity index (χ2v) is 6.26. The molecule has 3 nitrogen and oxygen atoms in total. The van der Waals surface area contributed by atoms with Crippen molar-refractivity contribution in [2.45, 2.75) is 31.7 Å². The quantitative estimate of drug-likeness (QED) is 0.871. The lowest BCUT2D eigenvalue weighted by Gasteiger charge is -2.20. The predicted molar refractivity (Wildman–Crippen MR) is 74.0 cm³/mol. The normalized spacial score (nSPS) is 19.0. The van der Waals surface area contributed by atoms with E-state index in [-0.39, 0.29) is 0 Å². The third-order valence-corrected chi connectivity index (χ3v) is 4.29. The highest BCUT2D eigenvalue weighted by atomic mass is 79.9. The van der Waals surface area contributed by atoms with Crippen molar-refractivity contribution in [1.82, 2.24) is 0 Å². The van der Waals surface area contributed by atoms with Crippen LogP contribution in [0, 0.1) is 11.8 Å². The molecule has 2 N–H and O–H groups in total. The van der Waals surface area contributed by atoms with Crippen molar-refractivity contribution in [3.63, 3.8) is 0 Å². The highest BCUT2D eigenvalue weighted by Gasteiger charge is 2.41. The summed E-state index contributed by atoms with van der Waals surface area (Å²) < 4.78 is 0.917. The Labute approximate surface area is 115 Å². The molecule has 2 aliphatic carbocycles. The lowest BCUT2D eigenvalue weighted by molar-refractivity contribution is 0.0698. The Morgan fingerprint density at radius 2 is 1.89 bits per heavy atom. The molecule has 96 valence electrons. The minimum atomic E-state index is -0.865. The molecular weight excluding hydrogens is 294 g/mol. The van der Waals surface area contributed by atoms with Crippen molar-refractivity contribution in [3.05, 3.63) is 28.2 Å². The van der Waals surface area contributed by atoms with Gasteiger partial charge in [-0.25, -0.2) is 4.79 Å². The first-order valence-corrected chi connectivity index (χ1v) is 7.24. The zero-order chi connectivity index (χ0) is 12.7. The van der Waals surface area contributed by atoms with Crippen LogP contribution in [0.15, 0.2) is 22.7 Å². The Kier molecular flexibility index (Phi) is 3.06. The molecule has 1 aromatic rings.